The van der Waals surface area contributed by atoms with E-state index in [4.69, 9.17) is 14.2 Å². The van der Waals surface area contributed by atoms with Gasteiger partial charge in [0.15, 0.2) is 6.79 Å². The number of esters is 1. The summed E-state index contributed by atoms with van der Waals surface area (Å²) in [5.41, 5.74) is 2.26. The van der Waals surface area contributed by atoms with Crippen LogP contribution in [-0.4, -0.2) is 27.4 Å². The third kappa shape index (κ3) is 8.09. The average molecular weight is 491 g/mol. The summed E-state index contributed by atoms with van der Waals surface area (Å²) in [4.78, 5) is 12.8. The van der Waals surface area contributed by atoms with Crippen molar-refractivity contribution in [1.29, 1.82) is 0 Å². The van der Waals surface area contributed by atoms with Crippen LogP contribution in [0.15, 0.2) is 59.6 Å². The van der Waals surface area contributed by atoms with Gasteiger partial charge in [-0.05, 0) is 52.5 Å². The molecule has 0 saturated heterocycles. The lowest BCUT2D eigenvalue weighted by Crippen LogP contribution is -2.22. The monoisotopic (exact) mass is 490 g/mol. The number of ether oxygens (including phenoxy) is 3. The van der Waals surface area contributed by atoms with Gasteiger partial charge < -0.3 is 14.2 Å². The van der Waals surface area contributed by atoms with E-state index in [-0.39, 0.29) is 19.4 Å². The molecule has 2 aromatic rings. The van der Waals surface area contributed by atoms with E-state index >= 15 is 0 Å². The Morgan fingerprint density at radius 3 is 2.53 bits per heavy atom. The Labute approximate surface area is 189 Å². The van der Waals surface area contributed by atoms with Crippen LogP contribution in [0.5, 0.6) is 5.75 Å². The molecule has 2 aromatic carbocycles. The summed E-state index contributed by atoms with van der Waals surface area (Å²) in [6, 6.07) is 14.3. The molecule has 0 unspecified atom stereocenters. The Morgan fingerprint density at radius 2 is 1.87 bits per heavy atom. The summed E-state index contributed by atoms with van der Waals surface area (Å²) in [5, 5.41) is 0. The maximum atomic E-state index is 12.8. The van der Waals surface area contributed by atoms with Crippen LogP contribution >= 0.6 is 15.9 Å². The summed E-state index contributed by atoms with van der Waals surface area (Å²) in [7, 11) is -1.15. The molecule has 0 aliphatic carbocycles. The van der Waals surface area contributed by atoms with Gasteiger partial charge in [-0.15, -0.1) is 6.58 Å². The van der Waals surface area contributed by atoms with Gasteiger partial charge in [0.2, 0.25) is 0 Å². The largest absolute Gasteiger partial charge is 0.466 e. The molecule has 0 aromatic heterocycles. The van der Waals surface area contributed by atoms with Gasteiger partial charge in [-0.2, -0.15) is 0 Å². The SMILES string of the molecule is C=CCCc1c(C(=O)OCc2ccccc2)ccc(Br)c1OCOCC[Si](C)(C)C. The van der Waals surface area contributed by atoms with Crippen LogP contribution in [0.2, 0.25) is 25.7 Å². The predicted molar refractivity (Wildman–Crippen MR) is 128 cm³/mol. The smallest absolute Gasteiger partial charge is 0.338 e. The second-order valence-corrected chi connectivity index (χ2v) is 14.7. The van der Waals surface area contributed by atoms with Gasteiger partial charge in [-0.25, -0.2) is 4.79 Å². The van der Waals surface area contributed by atoms with Crippen molar-refractivity contribution in [3.8, 4) is 5.75 Å². The Hall–Kier alpha value is -1.89. The van der Waals surface area contributed by atoms with Crippen molar-refractivity contribution in [2.75, 3.05) is 13.4 Å². The molecule has 0 aliphatic rings. The van der Waals surface area contributed by atoms with Crippen LogP contribution in [-0.2, 0) is 22.5 Å². The van der Waals surface area contributed by atoms with Crippen molar-refractivity contribution < 1.29 is 19.0 Å². The molecule has 0 N–H and O–H groups in total. The first-order chi connectivity index (χ1) is 14.3. The van der Waals surface area contributed by atoms with E-state index in [9.17, 15) is 4.79 Å². The van der Waals surface area contributed by atoms with Crippen molar-refractivity contribution >= 4 is 30.0 Å². The summed E-state index contributed by atoms with van der Waals surface area (Å²) in [6.45, 7) is 11.8. The molecule has 162 valence electrons. The predicted octanol–water partition coefficient (Wildman–Crippen LogP) is 6.62. The molecular formula is C24H31BrO4Si. The molecule has 4 nitrogen and oxygen atoms in total. The van der Waals surface area contributed by atoms with E-state index in [1.54, 1.807) is 6.07 Å². The summed E-state index contributed by atoms with van der Waals surface area (Å²) in [5.74, 6) is 0.258. The Morgan fingerprint density at radius 1 is 1.13 bits per heavy atom. The van der Waals surface area contributed by atoms with Crippen LogP contribution in [0.25, 0.3) is 0 Å². The molecule has 6 heteroatoms. The lowest BCUT2D eigenvalue weighted by molar-refractivity contribution is 0.0207. The van der Waals surface area contributed by atoms with Crippen LogP contribution < -0.4 is 4.74 Å². The van der Waals surface area contributed by atoms with E-state index in [0.717, 1.165) is 28.1 Å². The lowest BCUT2D eigenvalue weighted by atomic mass is 10.0. The van der Waals surface area contributed by atoms with Gasteiger partial charge in [0.25, 0.3) is 0 Å². The molecule has 0 radical (unpaired) electrons. The number of hydrogen-bond acceptors (Lipinski definition) is 4. The molecular weight excluding hydrogens is 460 g/mol. The minimum absolute atomic E-state index is 0.146. The number of hydrogen-bond donors (Lipinski definition) is 0. The minimum atomic E-state index is -1.15. The fraction of sp³-hybridized carbons (Fsp3) is 0.375. The Bertz CT molecular complexity index is 831. The highest BCUT2D eigenvalue weighted by Gasteiger charge is 2.20. The van der Waals surface area contributed by atoms with Crippen LogP contribution in [0.3, 0.4) is 0 Å². The molecule has 0 fully saturated rings. The molecule has 0 bridgehead atoms. The zero-order valence-electron chi connectivity index (χ0n) is 18.1. The highest BCUT2D eigenvalue weighted by atomic mass is 79.9. The van der Waals surface area contributed by atoms with Gasteiger partial charge in [0, 0.05) is 20.2 Å². The molecule has 30 heavy (non-hydrogen) atoms. The first-order valence-corrected chi connectivity index (χ1v) is 14.7. The van der Waals surface area contributed by atoms with E-state index in [1.165, 1.54) is 0 Å². The maximum Gasteiger partial charge on any atom is 0.338 e. The highest BCUT2D eigenvalue weighted by Crippen LogP contribution is 2.33. The lowest BCUT2D eigenvalue weighted by Gasteiger charge is -2.18. The molecule has 0 heterocycles. The van der Waals surface area contributed by atoms with Crippen LogP contribution in [0.1, 0.15) is 27.9 Å². The molecule has 0 aliphatic heterocycles. The number of carbonyl (C=O) groups is 1. The molecule has 0 saturated carbocycles. The summed E-state index contributed by atoms with van der Waals surface area (Å²) in [6.07, 6.45) is 3.18. The van der Waals surface area contributed by atoms with E-state index in [0.29, 0.717) is 24.3 Å². The van der Waals surface area contributed by atoms with Gasteiger partial charge in [0.05, 0.1) is 10.0 Å². The van der Waals surface area contributed by atoms with Crippen molar-refractivity contribution in [3.63, 3.8) is 0 Å². The number of carbonyl (C=O) groups excluding carboxylic acids is 1. The first kappa shape index (κ1) is 24.4. The van der Waals surface area contributed by atoms with E-state index in [2.05, 4.69) is 42.1 Å². The summed E-state index contributed by atoms with van der Waals surface area (Å²) >= 11 is 3.55. The van der Waals surface area contributed by atoms with Crippen molar-refractivity contribution in [3.05, 3.63) is 76.3 Å². The van der Waals surface area contributed by atoms with Crippen LogP contribution in [0.4, 0.5) is 0 Å². The molecule has 0 amide bonds. The van der Waals surface area contributed by atoms with E-state index < -0.39 is 8.07 Å². The topological polar surface area (TPSA) is 44.8 Å². The first-order valence-electron chi connectivity index (χ1n) is 10.2. The van der Waals surface area contributed by atoms with Crippen molar-refractivity contribution in [2.24, 2.45) is 0 Å². The van der Waals surface area contributed by atoms with Crippen molar-refractivity contribution in [1.82, 2.24) is 0 Å². The normalized spacial score (nSPS) is 11.2. The molecule has 0 atom stereocenters. The molecule has 0 spiro atoms. The van der Waals surface area contributed by atoms with Gasteiger partial charge in [-0.3, -0.25) is 0 Å². The third-order valence-electron chi connectivity index (χ3n) is 4.53. The molecule has 2 rings (SSSR count). The quantitative estimate of drug-likeness (QED) is 0.110. The van der Waals surface area contributed by atoms with Gasteiger partial charge >= 0.3 is 5.97 Å². The van der Waals surface area contributed by atoms with E-state index in [1.807, 2.05) is 42.5 Å². The fourth-order valence-corrected chi connectivity index (χ4v) is 4.02. The number of rotatable bonds is 12. The maximum absolute atomic E-state index is 12.8. The standard InChI is InChI=1S/C24H31BrO4Si/c1-5-6-12-20-21(24(26)28-17-19-10-8-7-9-11-19)13-14-22(25)23(20)29-18-27-15-16-30(2,3)4/h5,7-11,13-14H,1,6,12,15-18H2,2-4H3. The zero-order chi connectivity index (χ0) is 22.0. The second-order valence-electron chi connectivity index (χ2n) is 8.27. The van der Waals surface area contributed by atoms with Crippen LogP contribution in [0, 0.1) is 0 Å². The average Bonchev–Trinajstić information content (AvgIpc) is 2.71. The van der Waals surface area contributed by atoms with Gasteiger partial charge in [-0.1, -0.05) is 56.0 Å². The van der Waals surface area contributed by atoms with Gasteiger partial charge in [0.1, 0.15) is 12.4 Å². The minimum Gasteiger partial charge on any atom is -0.466 e. The summed E-state index contributed by atoms with van der Waals surface area (Å²) < 4.78 is 18.0. The highest BCUT2D eigenvalue weighted by molar-refractivity contribution is 9.10. The number of allylic oxidation sites excluding steroid dienone is 1. The fourth-order valence-electron chi connectivity index (χ4n) is 2.78. The Balaban J connectivity index is 2.11. The second kappa shape index (κ2) is 12.1. The number of halogens is 1. The third-order valence-corrected chi connectivity index (χ3v) is 6.86. The Kier molecular flexibility index (Phi) is 9.82. The zero-order valence-corrected chi connectivity index (χ0v) is 20.7. The number of benzene rings is 2. The van der Waals surface area contributed by atoms with Crippen molar-refractivity contribution in [2.45, 2.75) is 45.1 Å².